The highest BCUT2D eigenvalue weighted by Crippen LogP contribution is 2.00. The quantitative estimate of drug-likeness (QED) is 0.539. The molecule has 0 bridgehead atoms. The predicted octanol–water partition coefficient (Wildman–Crippen LogP) is 1.04. The van der Waals surface area contributed by atoms with E-state index in [0.29, 0.717) is 5.90 Å². The Kier molecular flexibility index (Phi) is 3.46. The summed E-state index contributed by atoms with van der Waals surface area (Å²) in [6.45, 7) is 0. The van der Waals surface area contributed by atoms with E-state index in [2.05, 4.69) is 9.99 Å². The normalized spacial score (nSPS) is 19.0. The van der Waals surface area contributed by atoms with E-state index in [1.54, 1.807) is 6.26 Å². The monoisotopic (exact) mass is 130 g/mol. The number of oxime groups is 1. The summed E-state index contributed by atoms with van der Waals surface area (Å²) in [6.07, 6.45) is 4.21. The number of ether oxygens (including phenoxy) is 1. The van der Waals surface area contributed by atoms with Gasteiger partial charge in [-0.1, -0.05) is 5.16 Å². The van der Waals surface area contributed by atoms with Crippen LogP contribution in [0.25, 0.3) is 0 Å². The van der Waals surface area contributed by atoms with Gasteiger partial charge in [0.1, 0.15) is 7.11 Å². The number of hydrogen-bond acceptors (Lipinski definition) is 4. The van der Waals surface area contributed by atoms with Gasteiger partial charge in [0.2, 0.25) is 5.90 Å². The van der Waals surface area contributed by atoms with Crippen LogP contribution >= 0.6 is 0 Å². The van der Waals surface area contributed by atoms with Gasteiger partial charge in [-0.3, -0.25) is 0 Å². The molecule has 0 aromatic rings. The Bertz CT molecular complexity index is 121. The SMILES string of the molecule is CON=C1CC=CO1.N. The average molecular weight is 130 g/mol. The highest BCUT2D eigenvalue weighted by Gasteiger charge is 2.01. The van der Waals surface area contributed by atoms with Crippen LogP contribution in [0.3, 0.4) is 0 Å². The van der Waals surface area contributed by atoms with E-state index in [0.717, 1.165) is 6.42 Å². The molecule has 0 saturated carbocycles. The number of hydrogen-bond donors (Lipinski definition) is 1. The lowest BCUT2D eigenvalue weighted by molar-refractivity contribution is 0.202. The Hall–Kier alpha value is -1.03. The summed E-state index contributed by atoms with van der Waals surface area (Å²) in [4.78, 5) is 4.45. The molecule has 0 saturated heterocycles. The first-order valence-corrected chi connectivity index (χ1v) is 2.35. The summed E-state index contributed by atoms with van der Waals surface area (Å²) in [7, 11) is 1.49. The van der Waals surface area contributed by atoms with Gasteiger partial charge in [-0.05, 0) is 6.08 Å². The summed E-state index contributed by atoms with van der Waals surface area (Å²) in [5, 5.41) is 3.56. The third-order valence-corrected chi connectivity index (χ3v) is 0.786. The van der Waals surface area contributed by atoms with Gasteiger partial charge in [-0.2, -0.15) is 0 Å². The van der Waals surface area contributed by atoms with Crippen molar-refractivity contribution < 1.29 is 9.57 Å². The smallest absolute Gasteiger partial charge is 0.234 e. The van der Waals surface area contributed by atoms with Gasteiger partial charge in [-0.25, -0.2) is 0 Å². The minimum Gasteiger partial charge on any atom is -0.448 e. The molecule has 0 aromatic carbocycles. The zero-order valence-corrected chi connectivity index (χ0v) is 5.33. The second-order valence-corrected chi connectivity index (χ2v) is 1.36. The molecule has 0 spiro atoms. The van der Waals surface area contributed by atoms with Crippen LogP contribution in [0.15, 0.2) is 17.5 Å². The highest BCUT2D eigenvalue weighted by atomic mass is 16.6. The maximum Gasteiger partial charge on any atom is 0.234 e. The van der Waals surface area contributed by atoms with E-state index in [-0.39, 0.29) is 6.15 Å². The fraction of sp³-hybridized carbons (Fsp3) is 0.400. The van der Waals surface area contributed by atoms with Crippen molar-refractivity contribution in [2.24, 2.45) is 5.16 Å². The molecular formula is C5H10N2O2. The molecule has 0 aliphatic carbocycles. The Morgan fingerprint density at radius 1 is 1.78 bits per heavy atom. The molecule has 1 aliphatic heterocycles. The minimum absolute atomic E-state index is 0. The van der Waals surface area contributed by atoms with Gasteiger partial charge in [0, 0.05) is 6.42 Å². The van der Waals surface area contributed by atoms with Gasteiger partial charge in [0.25, 0.3) is 0 Å². The van der Waals surface area contributed by atoms with Crippen molar-refractivity contribution in [2.45, 2.75) is 6.42 Å². The zero-order valence-electron chi connectivity index (χ0n) is 5.33. The van der Waals surface area contributed by atoms with Gasteiger partial charge in [-0.15, -0.1) is 0 Å². The second-order valence-electron chi connectivity index (χ2n) is 1.36. The van der Waals surface area contributed by atoms with Gasteiger partial charge in [0.05, 0.1) is 6.26 Å². The second kappa shape index (κ2) is 3.91. The molecule has 0 atom stereocenters. The van der Waals surface area contributed by atoms with Gasteiger partial charge in [0.15, 0.2) is 0 Å². The van der Waals surface area contributed by atoms with Crippen molar-refractivity contribution in [1.82, 2.24) is 6.15 Å². The standard InChI is InChI=1S/C5H7NO2.H3N/c1-7-6-5-3-2-4-8-5;/h2,4H,3H2,1H3;1H3. The van der Waals surface area contributed by atoms with Crippen molar-refractivity contribution in [3.8, 4) is 0 Å². The summed E-state index contributed by atoms with van der Waals surface area (Å²) < 4.78 is 4.84. The maximum absolute atomic E-state index is 4.84. The predicted molar refractivity (Wildman–Crippen MR) is 34.3 cm³/mol. The number of nitrogens with zero attached hydrogens (tertiary/aromatic N) is 1. The van der Waals surface area contributed by atoms with Crippen LogP contribution in [0.1, 0.15) is 6.42 Å². The Morgan fingerprint density at radius 2 is 2.56 bits per heavy atom. The zero-order chi connectivity index (χ0) is 5.82. The molecule has 3 N–H and O–H groups in total. The molecule has 0 aromatic heterocycles. The van der Waals surface area contributed by atoms with Crippen LogP contribution in [0, 0.1) is 0 Å². The van der Waals surface area contributed by atoms with Gasteiger partial charge < -0.3 is 15.7 Å². The van der Waals surface area contributed by atoms with Crippen LogP contribution < -0.4 is 6.15 Å². The molecule has 0 amide bonds. The van der Waals surface area contributed by atoms with Crippen LogP contribution in [0.2, 0.25) is 0 Å². The first kappa shape index (κ1) is 7.97. The third kappa shape index (κ3) is 2.14. The molecule has 1 aliphatic rings. The maximum atomic E-state index is 4.84. The lowest BCUT2D eigenvalue weighted by Gasteiger charge is -1.91. The van der Waals surface area contributed by atoms with Crippen LogP contribution in [-0.4, -0.2) is 13.0 Å². The summed E-state index contributed by atoms with van der Waals surface area (Å²) >= 11 is 0. The largest absolute Gasteiger partial charge is 0.448 e. The van der Waals surface area contributed by atoms with Gasteiger partial charge >= 0.3 is 0 Å². The molecule has 0 fully saturated rings. The van der Waals surface area contributed by atoms with Crippen molar-refractivity contribution in [3.63, 3.8) is 0 Å². The topological polar surface area (TPSA) is 65.8 Å². The van der Waals surface area contributed by atoms with E-state index in [1.807, 2.05) is 6.08 Å². The first-order chi connectivity index (χ1) is 3.93. The van der Waals surface area contributed by atoms with Crippen molar-refractivity contribution in [2.75, 3.05) is 7.11 Å². The van der Waals surface area contributed by atoms with E-state index < -0.39 is 0 Å². The van der Waals surface area contributed by atoms with Crippen LogP contribution in [0.4, 0.5) is 0 Å². The Morgan fingerprint density at radius 3 is 3.00 bits per heavy atom. The van der Waals surface area contributed by atoms with Crippen molar-refractivity contribution in [1.29, 1.82) is 0 Å². The molecule has 0 unspecified atom stereocenters. The van der Waals surface area contributed by atoms with Crippen LogP contribution in [0.5, 0.6) is 0 Å². The molecule has 0 radical (unpaired) electrons. The molecule has 9 heavy (non-hydrogen) atoms. The van der Waals surface area contributed by atoms with Crippen molar-refractivity contribution >= 4 is 5.90 Å². The van der Waals surface area contributed by atoms with E-state index in [4.69, 9.17) is 4.74 Å². The molecule has 52 valence electrons. The minimum atomic E-state index is 0. The molecule has 4 heteroatoms. The van der Waals surface area contributed by atoms with E-state index >= 15 is 0 Å². The van der Waals surface area contributed by atoms with E-state index in [1.165, 1.54) is 7.11 Å². The molecule has 1 heterocycles. The first-order valence-electron chi connectivity index (χ1n) is 2.35. The lowest BCUT2D eigenvalue weighted by atomic mass is 10.5. The summed E-state index contributed by atoms with van der Waals surface area (Å²) in [5.41, 5.74) is 0. The fourth-order valence-corrected chi connectivity index (χ4v) is 0.484. The molecular weight excluding hydrogens is 120 g/mol. The Balaban J connectivity index is 0.000000640. The lowest BCUT2D eigenvalue weighted by Crippen LogP contribution is -1.92. The fourth-order valence-electron chi connectivity index (χ4n) is 0.484. The van der Waals surface area contributed by atoms with E-state index in [9.17, 15) is 0 Å². The summed E-state index contributed by atoms with van der Waals surface area (Å²) in [5.74, 6) is 0.618. The molecule has 4 nitrogen and oxygen atoms in total. The Labute approximate surface area is 53.7 Å². The highest BCUT2D eigenvalue weighted by molar-refractivity contribution is 5.79. The van der Waals surface area contributed by atoms with Crippen molar-refractivity contribution in [3.05, 3.63) is 12.3 Å². The average Bonchev–Trinajstić information content (AvgIpc) is 2.19. The molecule has 1 rings (SSSR count). The van der Waals surface area contributed by atoms with Crippen LogP contribution in [-0.2, 0) is 9.57 Å². The summed E-state index contributed by atoms with van der Waals surface area (Å²) in [6, 6.07) is 0. The number of rotatable bonds is 1. The third-order valence-electron chi connectivity index (χ3n) is 0.786.